The molecule has 132 valence electrons. The van der Waals surface area contributed by atoms with E-state index in [1.807, 2.05) is 32.0 Å². The second kappa shape index (κ2) is 6.98. The molecule has 2 aromatic rings. The quantitative estimate of drug-likeness (QED) is 0.778. The van der Waals surface area contributed by atoms with E-state index in [0.717, 1.165) is 47.6 Å². The number of carbonyl (C=O) groups excluding carboxylic acids is 2. The Labute approximate surface area is 151 Å². The number of amides is 2. The molecule has 0 aliphatic carbocycles. The summed E-state index contributed by atoms with van der Waals surface area (Å²) in [5, 5.41) is 3.52. The first-order valence-electron chi connectivity index (χ1n) is 8.57. The summed E-state index contributed by atoms with van der Waals surface area (Å²) in [6, 6.07) is 5.78. The summed E-state index contributed by atoms with van der Waals surface area (Å²) >= 11 is 1.49. The second-order valence-electron chi connectivity index (χ2n) is 6.62. The molecule has 1 aliphatic heterocycles. The Morgan fingerprint density at radius 3 is 2.76 bits per heavy atom. The molecule has 0 saturated carbocycles. The number of rotatable bonds is 4. The molecular weight excluding hydrogens is 334 g/mol. The minimum Gasteiger partial charge on any atom is -0.365 e. The van der Waals surface area contributed by atoms with Gasteiger partial charge in [-0.15, -0.1) is 11.3 Å². The Balaban J connectivity index is 1.95. The van der Waals surface area contributed by atoms with E-state index in [9.17, 15) is 9.59 Å². The van der Waals surface area contributed by atoms with Crippen molar-refractivity contribution >= 4 is 28.2 Å². The van der Waals surface area contributed by atoms with E-state index < -0.39 is 5.91 Å². The molecule has 2 heterocycles. The number of hydrogen-bond donors (Lipinski definition) is 3. The summed E-state index contributed by atoms with van der Waals surface area (Å²) in [6.45, 7) is 8.95. The minimum atomic E-state index is -0.464. The third-order valence-corrected chi connectivity index (χ3v) is 5.99. The van der Waals surface area contributed by atoms with Gasteiger partial charge in [0.2, 0.25) is 0 Å². The Kier molecular flexibility index (Phi) is 4.92. The van der Waals surface area contributed by atoms with Crippen molar-refractivity contribution in [1.29, 1.82) is 0 Å². The summed E-state index contributed by atoms with van der Waals surface area (Å²) in [5.74, 6) is -0.657. The summed E-state index contributed by atoms with van der Waals surface area (Å²) in [4.78, 5) is 27.4. The van der Waals surface area contributed by atoms with Crippen LogP contribution in [0.25, 0.3) is 0 Å². The van der Waals surface area contributed by atoms with Crippen LogP contribution < -0.4 is 16.0 Å². The number of thiophene rings is 1. The highest BCUT2D eigenvalue weighted by molar-refractivity contribution is 7.17. The zero-order chi connectivity index (χ0) is 18.1. The molecule has 25 heavy (non-hydrogen) atoms. The monoisotopic (exact) mass is 358 g/mol. The zero-order valence-electron chi connectivity index (χ0n) is 14.9. The van der Waals surface area contributed by atoms with Crippen LogP contribution in [0.3, 0.4) is 0 Å². The average molecular weight is 358 g/mol. The predicted molar refractivity (Wildman–Crippen MR) is 100 cm³/mol. The maximum absolute atomic E-state index is 12.7. The molecule has 0 spiro atoms. The van der Waals surface area contributed by atoms with E-state index in [1.54, 1.807) is 0 Å². The van der Waals surface area contributed by atoms with Gasteiger partial charge in [-0.25, -0.2) is 0 Å². The number of nitrogens with one attached hydrogen (secondary N) is 2. The molecular formula is C19H24N3O2S+. The summed E-state index contributed by atoms with van der Waals surface area (Å²) in [6.07, 6.45) is 0.826. The fourth-order valence-electron chi connectivity index (χ4n) is 3.34. The number of benzene rings is 1. The van der Waals surface area contributed by atoms with Gasteiger partial charge in [-0.2, -0.15) is 0 Å². The summed E-state index contributed by atoms with van der Waals surface area (Å²) in [5.41, 5.74) is 9.70. The van der Waals surface area contributed by atoms with E-state index in [0.29, 0.717) is 16.1 Å². The third-order valence-electron chi connectivity index (χ3n) is 4.84. The Morgan fingerprint density at radius 1 is 1.32 bits per heavy atom. The lowest BCUT2D eigenvalue weighted by molar-refractivity contribution is -0.913. The highest BCUT2D eigenvalue weighted by Gasteiger charge is 2.29. The summed E-state index contributed by atoms with van der Waals surface area (Å²) in [7, 11) is 0. The molecule has 6 heteroatoms. The van der Waals surface area contributed by atoms with Crippen molar-refractivity contribution in [3.05, 3.63) is 50.9 Å². The van der Waals surface area contributed by atoms with E-state index >= 15 is 0 Å². The van der Waals surface area contributed by atoms with Crippen molar-refractivity contribution in [3.8, 4) is 0 Å². The molecule has 0 fully saturated rings. The van der Waals surface area contributed by atoms with Crippen molar-refractivity contribution < 1.29 is 14.5 Å². The van der Waals surface area contributed by atoms with Crippen LogP contribution in [0.2, 0.25) is 0 Å². The van der Waals surface area contributed by atoms with Gasteiger partial charge in [0.15, 0.2) is 0 Å². The van der Waals surface area contributed by atoms with Crippen molar-refractivity contribution in [3.63, 3.8) is 0 Å². The molecule has 2 amide bonds. The van der Waals surface area contributed by atoms with Gasteiger partial charge in [-0.3, -0.25) is 9.59 Å². The Bertz CT molecular complexity index is 841. The van der Waals surface area contributed by atoms with Crippen molar-refractivity contribution in [1.82, 2.24) is 0 Å². The van der Waals surface area contributed by atoms with Gasteiger partial charge in [-0.1, -0.05) is 17.7 Å². The smallest absolute Gasteiger partial charge is 0.256 e. The highest BCUT2D eigenvalue weighted by atomic mass is 32.1. The second-order valence-corrected chi connectivity index (χ2v) is 7.73. The highest BCUT2D eigenvalue weighted by Crippen LogP contribution is 2.34. The first-order chi connectivity index (χ1) is 11.9. The molecule has 1 atom stereocenters. The van der Waals surface area contributed by atoms with Crippen LogP contribution in [0.5, 0.6) is 0 Å². The number of fused-ring (bicyclic) bond motifs is 1. The molecule has 1 unspecified atom stereocenters. The SMILES string of the molecule is CC[NH+]1CCc2c(sc(NC(=O)c3cc(C)ccc3C)c2C(N)=O)C1. The number of likely N-dealkylation sites (N-methyl/N-ethyl adjacent to an activating group) is 1. The topological polar surface area (TPSA) is 76.6 Å². The molecule has 5 nitrogen and oxygen atoms in total. The van der Waals surface area contributed by atoms with Gasteiger partial charge in [0.05, 0.1) is 23.5 Å². The van der Waals surface area contributed by atoms with Crippen LogP contribution >= 0.6 is 11.3 Å². The molecule has 1 aromatic carbocycles. The molecule has 0 saturated heterocycles. The minimum absolute atomic E-state index is 0.193. The molecule has 1 aromatic heterocycles. The lowest BCUT2D eigenvalue weighted by Gasteiger charge is -2.22. The standard InChI is InChI=1S/C19H23N3O2S/c1-4-22-8-7-13-15(10-22)25-19(16(13)17(20)23)21-18(24)14-9-11(2)5-6-12(14)3/h5-6,9H,4,7-8,10H2,1-3H3,(H2,20,23)(H,21,24)/p+1. The number of hydrogen-bond acceptors (Lipinski definition) is 3. The zero-order valence-corrected chi connectivity index (χ0v) is 15.7. The van der Waals surface area contributed by atoms with E-state index in [2.05, 4.69) is 12.2 Å². The van der Waals surface area contributed by atoms with Crippen molar-refractivity contribution in [2.24, 2.45) is 5.73 Å². The van der Waals surface area contributed by atoms with E-state index in [-0.39, 0.29) is 5.91 Å². The van der Waals surface area contributed by atoms with E-state index in [4.69, 9.17) is 5.73 Å². The lowest BCUT2D eigenvalue weighted by atomic mass is 10.0. The number of anilines is 1. The molecule has 0 radical (unpaired) electrons. The average Bonchev–Trinajstić information content (AvgIpc) is 2.93. The van der Waals surface area contributed by atoms with Gasteiger partial charge in [0, 0.05) is 12.0 Å². The molecule has 4 N–H and O–H groups in total. The lowest BCUT2D eigenvalue weighted by Crippen LogP contribution is -3.11. The summed E-state index contributed by atoms with van der Waals surface area (Å²) < 4.78 is 0. The normalized spacial score (nSPS) is 16.4. The third kappa shape index (κ3) is 3.45. The van der Waals surface area contributed by atoms with Crippen molar-refractivity contribution in [2.75, 3.05) is 18.4 Å². The predicted octanol–water partition coefficient (Wildman–Crippen LogP) is 1.68. The number of aryl methyl sites for hydroxylation is 2. The number of nitrogens with two attached hydrogens (primary N) is 1. The Morgan fingerprint density at radius 2 is 2.08 bits per heavy atom. The van der Waals surface area contributed by atoms with E-state index in [1.165, 1.54) is 16.2 Å². The maximum Gasteiger partial charge on any atom is 0.256 e. The van der Waals surface area contributed by atoms with Gasteiger partial charge >= 0.3 is 0 Å². The first-order valence-corrected chi connectivity index (χ1v) is 9.38. The van der Waals surface area contributed by atoms with Crippen LogP contribution in [0.1, 0.15) is 49.2 Å². The number of primary amides is 1. The number of quaternary nitrogens is 1. The van der Waals surface area contributed by atoms with Gasteiger partial charge in [-0.05, 0) is 38.0 Å². The first kappa shape index (κ1) is 17.6. The fourth-order valence-corrected chi connectivity index (χ4v) is 4.66. The number of carbonyl (C=O) groups is 2. The Hall–Kier alpha value is -2.18. The van der Waals surface area contributed by atoms with Gasteiger partial charge in [0.1, 0.15) is 11.5 Å². The van der Waals surface area contributed by atoms with Crippen LogP contribution in [0.15, 0.2) is 18.2 Å². The maximum atomic E-state index is 12.7. The van der Waals surface area contributed by atoms with Crippen LogP contribution in [-0.2, 0) is 13.0 Å². The molecule has 0 bridgehead atoms. The molecule has 3 rings (SSSR count). The van der Waals surface area contributed by atoms with Crippen LogP contribution in [-0.4, -0.2) is 24.9 Å². The van der Waals surface area contributed by atoms with Crippen LogP contribution in [0.4, 0.5) is 5.00 Å². The van der Waals surface area contributed by atoms with Crippen molar-refractivity contribution in [2.45, 2.75) is 33.7 Å². The van der Waals surface area contributed by atoms with Gasteiger partial charge in [0.25, 0.3) is 11.8 Å². The van der Waals surface area contributed by atoms with Crippen LogP contribution in [0, 0.1) is 13.8 Å². The largest absolute Gasteiger partial charge is 0.365 e. The fraction of sp³-hybridized carbons (Fsp3) is 0.368. The molecule has 1 aliphatic rings. The van der Waals surface area contributed by atoms with Gasteiger partial charge < -0.3 is 16.0 Å².